The minimum Gasteiger partial charge on any atom is -0.493 e. The van der Waals surface area contributed by atoms with E-state index >= 15 is 0 Å². The van der Waals surface area contributed by atoms with Crippen molar-refractivity contribution in [1.82, 2.24) is 9.55 Å². The average molecular weight is 287 g/mol. The van der Waals surface area contributed by atoms with Crippen molar-refractivity contribution in [2.45, 2.75) is 32.2 Å². The second-order valence-electron chi connectivity index (χ2n) is 5.29. The van der Waals surface area contributed by atoms with E-state index in [0.717, 1.165) is 29.4 Å². The lowest BCUT2D eigenvalue weighted by molar-refractivity contribution is 0.355. The molecule has 0 bridgehead atoms. The topological polar surface area (TPSA) is 62.3 Å². The van der Waals surface area contributed by atoms with Gasteiger partial charge in [0.05, 0.1) is 14.2 Å². The first kappa shape index (κ1) is 13.8. The van der Waals surface area contributed by atoms with Gasteiger partial charge in [0.25, 0.3) is 0 Å². The van der Waals surface area contributed by atoms with Gasteiger partial charge in [-0.05, 0) is 38.0 Å². The van der Waals surface area contributed by atoms with Crippen LogP contribution < -0.4 is 15.2 Å². The maximum Gasteiger partial charge on any atom is 0.161 e. The van der Waals surface area contributed by atoms with E-state index < -0.39 is 0 Å². The Hall–Kier alpha value is -2.17. The molecule has 0 amide bonds. The van der Waals surface area contributed by atoms with Crippen LogP contribution in [0, 0.1) is 0 Å². The Morgan fingerprint density at radius 3 is 2.52 bits per heavy atom. The van der Waals surface area contributed by atoms with E-state index in [0.29, 0.717) is 17.4 Å². The molecule has 3 rings (SSSR count). The molecule has 0 aliphatic heterocycles. The van der Waals surface area contributed by atoms with Crippen LogP contribution in [0.25, 0.3) is 11.3 Å². The lowest BCUT2D eigenvalue weighted by Crippen LogP contribution is -2.04. The largest absolute Gasteiger partial charge is 0.493 e. The second kappa shape index (κ2) is 5.31. The standard InChI is InChI=1S/C16H21N3O2/c1-4-19-15(17)14(18-16(19)10-5-6-10)11-7-8-12(20-2)13(9-11)21-3/h7-10H,4-6,17H2,1-3H3. The van der Waals surface area contributed by atoms with Crippen molar-refractivity contribution < 1.29 is 9.47 Å². The third kappa shape index (κ3) is 2.33. The zero-order valence-electron chi connectivity index (χ0n) is 12.7. The summed E-state index contributed by atoms with van der Waals surface area (Å²) in [5.74, 6) is 3.80. The highest BCUT2D eigenvalue weighted by atomic mass is 16.5. The summed E-state index contributed by atoms with van der Waals surface area (Å²) >= 11 is 0. The normalized spacial score (nSPS) is 14.2. The Labute approximate surface area is 124 Å². The predicted molar refractivity (Wildman–Crippen MR) is 82.8 cm³/mol. The Morgan fingerprint density at radius 2 is 1.95 bits per heavy atom. The molecule has 5 nitrogen and oxygen atoms in total. The first-order valence-corrected chi connectivity index (χ1v) is 7.27. The van der Waals surface area contributed by atoms with Gasteiger partial charge in [-0.1, -0.05) is 0 Å². The Morgan fingerprint density at radius 1 is 1.24 bits per heavy atom. The fraction of sp³-hybridized carbons (Fsp3) is 0.438. The third-order valence-corrected chi connectivity index (χ3v) is 3.95. The number of hydrogen-bond acceptors (Lipinski definition) is 4. The molecule has 1 aromatic carbocycles. The minimum absolute atomic E-state index is 0.571. The molecule has 1 heterocycles. The van der Waals surface area contributed by atoms with Gasteiger partial charge < -0.3 is 19.8 Å². The highest BCUT2D eigenvalue weighted by molar-refractivity contribution is 5.73. The zero-order chi connectivity index (χ0) is 15.0. The number of imidazole rings is 1. The number of anilines is 1. The van der Waals surface area contributed by atoms with Crippen molar-refractivity contribution >= 4 is 5.82 Å². The van der Waals surface area contributed by atoms with Crippen LogP contribution in [-0.2, 0) is 6.54 Å². The number of ether oxygens (including phenoxy) is 2. The summed E-state index contributed by atoms with van der Waals surface area (Å²) in [6.07, 6.45) is 2.42. The van der Waals surface area contributed by atoms with Gasteiger partial charge in [-0.3, -0.25) is 0 Å². The Balaban J connectivity index is 2.08. The molecule has 1 saturated carbocycles. The van der Waals surface area contributed by atoms with Crippen molar-refractivity contribution in [2.75, 3.05) is 20.0 Å². The van der Waals surface area contributed by atoms with Gasteiger partial charge in [0.15, 0.2) is 11.5 Å². The van der Waals surface area contributed by atoms with E-state index in [2.05, 4.69) is 11.5 Å². The van der Waals surface area contributed by atoms with Crippen molar-refractivity contribution in [3.8, 4) is 22.8 Å². The van der Waals surface area contributed by atoms with Crippen LogP contribution >= 0.6 is 0 Å². The Kier molecular flexibility index (Phi) is 3.49. The van der Waals surface area contributed by atoms with Gasteiger partial charge in [0, 0.05) is 18.0 Å². The molecule has 1 fully saturated rings. The molecule has 1 aromatic heterocycles. The summed E-state index contributed by atoms with van der Waals surface area (Å²) in [5, 5.41) is 0. The van der Waals surface area contributed by atoms with Gasteiger partial charge in [0.2, 0.25) is 0 Å². The maximum absolute atomic E-state index is 6.30. The molecule has 0 unspecified atom stereocenters. The van der Waals surface area contributed by atoms with Crippen molar-refractivity contribution in [3.05, 3.63) is 24.0 Å². The van der Waals surface area contributed by atoms with Gasteiger partial charge in [-0.25, -0.2) is 4.98 Å². The molecule has 0 radical (unpaired) electrons. The summed E-state index contributed by atoms with van der Waals surface area (Å²) in [4.78, 5) is 4.79. The smallest absolute Gasteiger partial charge is 0.161 e. The fourth-order valence-electron chi connectivity index (χ4n) is 2.66. The van der Waals surface area contributed by atoms with E-state index in [9.17, 15) is 0 Å². The number of aromatic nitrogens is 2. The van der Waals surface area contributed by atoms with Crippen LogP contribution in [0.5, 0.6) is 11.5 Å². The summed E-state index contributed by atoms with van der Waals surface area (Å²) in [6.45, 7) is 2.94. The average Bonchev–Trinajstić information content (AvgIpc) is 3.30. The second-order valence-corrected chi connectivity index (χ2v) is 5.29. The number of benzene rings is 1. The molecule has 1 aliphatic rings. The predicted octanol–water partition coefficient (Wildman–Crippen LogP) is 3.05. The van der Waals surface area contributed by atoms with Crippen LogP contribution in [0.15, 0.2) is 18.2 Å². The van der Waals surface area contributed by atoms with E-state index in [1.165, 1.54) is 12.8 Å². The quantitative estimate of drug-likeness (QED) is 0.918. The molecule has 0 spiro atoms. The monoisotopic (exact) mass is 287 g/mol. The molecule has 112 valence electrons. The minimum atomic E-state index is 0.571. The van der Waals surface area contributed by atoms with Gasteiger partial charge in [0.1, 0.15) is 17.3 Å². The van der Waals surface area contributed by atoms with E-state index in [1.807, 2.05) is 18.2 Å². The van der Waals surface area contributed by atoms with Crippen molar-refractivity contribution in [2.24, 2.45) is 0 Å². The zero-order valence-corrected chi connectivity index (χ0v) is 12.7. The highest BCUT2D eigenvalue weighted by Gasteiger charge is 2.30. The highest BCUT2D eigenvalue weighted by Crippen LogP contribution is 2.43. The molecule has 1 aliphatic carbocycles. The lowest BCUT2D eigenvalue weighted by atomic mass is 10.1. The number of rotatable bonds is 5. The molecular formula is C16H21N3O2. The first-order chi connectivity index (χ1) is 10.2. The van der Waals surface area contributed by atoms with Gasteiger partial charge in [-0.15, -0.1) is 0 Å². The molecular weight excluding hydrogens is 266 g/mol. The molecule has 21 heavy (non-hydrogen) atoms. The molecule has 0 saturated heterocycles. The first-order valence-electron chi connectivity index (χ1n) is 7.27. The Bertz CT molecular complexity index is 660. The van der Waals surface area contributed by atoms with Crippen molar-refractivity contribution in [1.29, 1.82) is 0 Å². The summed E-state index contributed by atoms with van der Waals surface area (Å²) < 4.78 is 12.7. The summed E-state index contributed by atoms with van der Waals surface area (Å²) in [7, 11) is 3.26. The van der Waals surface area contributed by atoms with Crippen LogP contribution in [0.3, 0.4) is 0 Å². The van der Waals surface area contributed by atoms with Crippen LogP contribution in [0.2, 0.25) is 0 Å². The molecule has 5 heteroatoms. The third-order valence-electron chi connectivity index (χ3n) is 3.95. The number of methoxy groups -OCH3 is 2. The van der Waals surface area contributed by atoms with E-state index in [4.69, 9.17) is 20.2 Å². The summed E-state index contributed by atoms with van der Waals surface area (Å²) in [5.41, 5.74) is 8.09. The number of nitrogens with zero attached hydrogens (tertiary/aromatic N) is 2. The van der Waals surface area contributed by atoms with Gasteiger partial charge >= 0.3 is 0 Å². The lowest BCUT2D eigenvalue weighted by Gasteiger charge is -2.09. The molecule has 2 N–H and O–H groups in total. The van der Waals surface area contributed by atoms with Gasteiger partial charge in [-0.2, -0.15) is 0 Å². The van der Waals surface area contributed by atoms with Crippen molar-refractivity contribution in [3.63, 3.8) is 0 Å². The summed E-state index contributed by atoms with van der Waals surface area (Å²) in [6, 6.07) is 5.78. The van der Waals surface area contributed by atoms with E-state index in [1.54, 1.807) is 14.2 Å². The number of hydrogen-bond donors (Lipinski definition) is 1. The maximum atomic E-state index is 6.30. The SMILES string of the molecule is CCn1c(C2CC2)nc(-c2ccc(OC)c(OC)c2)c1N. The number of nitrogen functional groups attached to an aromatic ring is 1. The van der Waals surface area contributed by atoms with Crippen LogP contribution in [0.4, 0.5) is 5.82 Å². The molecule has 0 atom stereocenters. The number of nitrogens with two attached hydrogens (primary N) is 1. The van der Waals surface area contributed by atoms with E-state index in [-0.39, 0.29) is 0 Å². The fourth-order valence-corrected chi connectivity index (χ4v) is 2.66. The molecule has 2 aromatic rings. The van der Waals surface area contributed by atoms with Crippen LogP contribution in [0.1, 0.15) is 31.5 Å². The van der Waals surface area contributed by atoms with Crippen LogP contribution in [-0.4, -0.2) is 23.8 Å².